The SMILES string of the molecule is CC(C)(C)c1nc2ccc(NS(=O)(=O)c3ccc4c(c3)OCCCO4)cc2[nH]1. The number of anilines is 1. The van der Waals surface area contributed by atoms with Gasteiger partial charge in [-0.1, -0.05) is 20.8 Å². The van der Waals surface area contributed by atoms with Crippen molar-refractivity contribution in [2.75, 3.05) is 17.9 Å². The predicted octanol–water partition coefficient (Wildman–Crippen LogP) is 3.82. The van der Waals surface area contributed by atoms with Gasteiger partial charge in [0.1, 0.15) is 5.82 Å². The monoisotopic (exact) mass is 401 g/mol. The Kier molecular flexibility index (Phi) is 4.45. The number of fused-ring (bicyclic) bond motifs is 2. The summed E-state index contributed by atoms with van der Waals surface area (Å²) in [6.07, 6.45) is 0.760. The molecule has 0 spiro atoms. The van der Waals surface area contributed by atoms with Crippen molar-refractivity contribution in [2.24, 2.45) is 0 Å². The molecule has 1 aliphatic rings. The second-order valence-corrected chi connectivity index (χ2v) is 9.51. The molecule has 28 heavy (non-hydrogen) atoms. The molecular weight excluding hydrogens is 378 g/mol. The predicted molar refractivity (Wildman–Crippen MR) is 108 cm³/mol. The molecule has 1 aliphatic heterocycles. The lowest BCUT2D eigenvalue weighted by molar-refractivity contribution is 0.297. The molecule has 0 aliphatic carbocycles. The Bertz CT molecular complexity index is 1130. The fourth-order valence-corrected chi connectivity index (χ4v) is 4.02. The van der Waals surface area contributed by atoms with Crippen molar-refractivity contribution < 1.29 is 17.9 Å². The fraction of sp³-hybridized carbons (Fsp3) is 0.350. The maximum Gasteiger partial charge on any atom is 0.262 e. The Hall–Kier alpha value is -2.74. The number of ether oxygens (including phenoxy) is 2. The molecule has 1 aromatic heterocycles. The second-order valence-electron chi connectivity index (χ2n) is 7.83. The number of rotatable bonds is 3. The van der Waals surface area contributed by atoms with E-state index in [0.717, 1.165) is 23.3 Å². The largest absolute Gasteiger partial charge is 0.490 e. The zero-order valence-electron chi connectivity index (χ0n) is 16.1. The molecule has 2 aromatic carbocycles. The fourth-order valence-electron chi connectivity index (χ4n) is 2.95. The number of aromatic nitrogens is 2. The molecule has 0 unspecified atom stereocenters. The first-order valence-corrected chi connectivity index (χ1v) is 10.6. The average Bonchev–Trinajstić information content (AvgIpc) is 2.91. The van der Waals surface area contributed by atoms with Gasteiger partial charge in [0.15, 0.2) is 11.5 Å². The molecule has 4 rings (SSSR count). The van der Waals surface area contributed by atoms with Gasteiger partial charge in [0.2, 0.25) is 0 Å². The number of hydrogen-bond donors (Lipinski definition) is 2. The van der Waals surface area contributed by atoms with Crippen LogP contribution in [0.1, 0.15) is 33.0 Å². The Morgan fingerprint density at radius 2 is 1.79 bits per heavy atom. The van der Waals surface area contributed by atoms with Crippen molar-refractivity contribution in [3.05, 3.63) is 42.2 Å². The molecular formula is C20H23N3O4S. The Morgan fingerprint density at radius 1 is 1.04 bits per heavy atom. The smallest absolute Gasteiger partial charge is 0.262 e. The van der Waals surface area contributed by atoms with Crippen LogP contribution in [-0.2, 0) is 15.4 Å². The van der Waals surface area contributed by atoms with Gasteiger partial charge in [0, 0.05) is 17.9 Å². The normalized spacial score (nSPS) is 14.7. The standard InChI is InChI=1S/C20H23N3O4S/c1-20(2,3)19-21-15-7-5-13(11-16(15)22-19)23-28(24,25)14-6-8-17-18(12-14)27-10-4-9-26-17/h5-8,11-12,23H,4,9-10H2,1-3H3,(H,21,22). The molecule has 0 atom stereocenters. The number of sulfonamides is 1. The number of H-pyrrole nitrogens is 1. The van der Waals surface area contributed by atoms with Crippen LogP contribution >= 0.6 is 0 Å². The van der Waals surface area contributed by atoms with E-state index >= 15 is 0 Å². The maximum absolute atomic E-state index is 12.8. The molecule has 0 bridgehead atoms. The highest BCUT2D eigenvalue weighted by Crippen LogP contribution is 2.33. The summed E-state index contributed by atoms with van der Waals surface area (Å²) in [4.78, 5) is 7.96. The van der Waals surface area contributed by atoms with E-state index in [2.05, 4.69) is 35.5 Å². The van der Waals surface area contributed by atoms with Gasteiger partial charge in [-0.2, -0.15) is 0 Å². The van der Waals surface area contributed by atoms with Gasteiger partial charge in [0.25, 0.3) is 10.0 Å². The summed E-state index contributed by atoms with van der Waals surface area (Å²) in [5.41, 5.74) is 1.92. The van der Waals surface area contributed by atoms with E-state index in [1.807, 2.05) is 0 Å². The lowest BCUT2D eigenvalue weighted by Crippen LogP contribution is -2.13. The highest BCUT2D eigenvalue weighted by atomic mass is 32.2. The first kappa shape index (κ1) is 18.6. The summed E-state index contributed by atoms with van der Waals surface area (Å²) in [7, 11) is -3.77. The van der Waals surface area contributed by atoms with Gasteiger partial charge in [-0.3, -0.25) is 4.72 Å². The first-order valence-electron chi connectivity index (χ1n) is 9.15. The van der Waals surface area contributed by atoms with Crippen LogP contribution in [0.5, 0.6) is 11.5 Å². The van der Waals surface area contributed by atoms with Crippen LogP contribution < -0.4 is 14.2 Å². The number of nitrogens with one attached hydrogen (secondary N) is 2. The second kappa shape index (κ2) is 6.70. The van der Waals surface area contributed by atoms with Crippen molar-refractivity contribution in [3.63, 3.8) is 0 Å². The highest BCUT2D eigenvalue weighted by molar-refractivity contribution is 7.92. The van der Waals surface area contributed by atoms with Crippen LogP contribution in [0.4, 0.5) is 5.69 Å². The van der Waals surface area contributed by atoms with Crippen molar-refractivity contribution in [1.29, 1.82) is 0 Å². The number of imidazole rings is 1. The minimum absolute atomic E-state index is 0.122. The maximum atomic E-state index is 12.8. The van der Waals surface area contributed by atoms with E-state index in [0.29, 0.717) is 30.4 Å². The quantitative estimate of drug-likeness (QED) is 0.696. The minimum Gasteiger partial charge on any atom is -0.490 e. The third-order valence-corrected chi connectivity index (χ3v) is 5.85. The summed E-state index contributed by atoms with van der Waals surface area (Å²) in [5, 5.41) is 0. The molecule has 0 saturated heterocycles. The van der Waals surface area contributed by atoms with Crippen molar-refractivity contribution >= 4 is 26.7 Å². The van der Waals surface area contributed by atoms with Crippen LogP contribution in [0.2, 0.25) is 0 Å². The molecule has 0 amide bonds. The third kappa shape index (κ3) is 3.64. The minimum atomic E-state index is -3.77. The Balaban J connectivity index is 1.63. The highest BCUT2D eigenvalue weighted by Gasteiger charge is 2.21. The molecule has 2 N–H and O–H groups in total. The first-order chi connectivity index (χ1) is 13.2. The number of hydrogen-bond acceptors (Lipinski definition) is 5. The van der Waals surface area contributed by atoms with Gasteiger partial charge in [-0.25, -0.2) is 13.4 Å². The van der Waals surface area contributed by atoms with Crippen molar-refractivity contribution in [3.8, 4) is 11.5 Å². The van der Waals surface area contributed by atoms with Gasteiger partial charge in [0.05, 0.1) is 34.8 Å². The van der Waals surface area contributed by atoms with Crippen LogP contribution in [0.15, 0.2) is 41.3 Å². The lowest BCUT2D eigenvalue weighted by Gasteiger charge is -2.13. The number of aromatic amines is 1. The molecule has 7 nitrogen and oxygen atoms in total. The van der Waals surface area contributed by atoms with Gasteiger partial charge >= 0.3 is 0 Å². The topological polar surface area (TPSA) is 93.3 Å². The third-order valence-electron chi connectivity index (χ3n) is 4.47. The van der Waals surface area contributed by atoms with Crippen LogP contribution in [0.3, 0.4) is 0 Å². The van der Waals surface area contributed by atoms with Crippen LogP contribution in [-0.4, -0.2) is 31.6 Å². The molecule has 0 fully saturated rings. The molecule has 3 aromatic rings. The lowest BCUT2D eigenvalue weighted by atomic mass is 9.96. The average molecular weight is 401 g/mol. The van der Waals surface area contributed by atoms with E-state index < -0.39 is 10.0 Å². The summed E-state index contributed by atoms with van der Waals surface area (Å²) in [6, 6.07) is 9.89. The zero-order chi connectivity index (χ0) is 19.9. The van der Waals surface area contributed by atoms with E-state index in [1.165, 1.54) is 12.1 Å². The number of nitrogens with zero attached hydrogens (tertiary/aromatic N) is 1. The summed E-state index contributed by atoms with van der Waals surface area (Å²) >= 11 is 0. The van der Waals surface area contributed by atoms with E-state index in [9.17, 15) is 8.42 Å². The van der Waals surface area contributed by atoms with Gasteiger partial charge < -0.3 is 14.5 Å². The van der Waals surface area contributed by atoms with Gasteiger partial charge in [-0.05, 0) is 30.3 Å². The zero-order valence-corrected chi connectivity index (χ0v) is 16.9. The van der Waals surface area contributed by atoms with E-state index in [-0.39, 0.29) is 10.3 Å². The van der Waals surface area contributed by atoms with Crippen molar-refractivity contribution in [1.82, 2.24) is 9.97 Å². The van der Waals surface area contributed by atoms with E-state index in [4.69, 9.17) is 9.47 Å². The van der Waals surface area contributed by atoms with Crippen LogP contribution in [0, 0.1) is 0 Å². The molecule has 148 valence electrons. The summed E-state index contributed by atoms with van der Waals surface area (Å²) < 4.78 is 39.5. The summed E-state index contributed by atoms with van der Waals surface area (Å²) in [6.45, 7) is 7.25. The van der Waals surface area contributed by atoms with Gasteiger partial charge in [-0.15, -0.1) is 0 Å². The van der Waals surface area contributed by atoms with Crippen molar-refractivity contribution in [2.45, 2.75) is 37.5 Å². The molecule has 0 radical (unpaired) electrons. The molecule has 0 saturated carbocycles. The van der Waals surface area contributed by atoms with E-state index in [1.54, 1.807) is 24.3 Å². The Labute approximate surface area is 164 Å². The van der Waals surface area contributed by atoms with Crippen LogP contribution in [0.25, 0.3) is 11.0 Å². The Morgan fingerprint density at radius 3 is 2.54 bits per heavy atom. The summed E-state index contributed by atoms with van der Waals surface area (Å²) in [5.74, 6) is 1.86. The molecule has 2 heterocycles. The molecule has 8 heteroatoms. The number of benzene rings is 2.